The average molecular weight is 286 g/mol. The van der Waals surface area contributed by atoms with Crippen LogP contribution in [0.4, 0.5) is 0 Å². The van der Waals surface area contributed by atoms with E-state index in [1.54, 1.807) is 4.68 Å². The number of rotatable bonds is 6. The molecule has 5 heteroatoms. The molecule has 0 bridgehead atoms. The molecule has 0 aliphatic carbocycles. The molecule has 1 N–H and O–H groups in total. The molecule has 5 nitrogen and oxygen atoms in total. The van der Waals surface area contributed by atoms with Gasteiger partial charge < -0.3 is 10.1 Å². The highest BCUT2D eigenvalue weighted by Crippen LogP contribution is 2.30. The van der Waals surface area contributed by atoms with Crippen molar-refractivity contribution in [3.8, 4) is 5.75 Å². The molecule has 1 aliphatic heterocycles. The number of hydrogen-bond acceptors (Lipinski definition) is 4. The summed E-state index contributed by atoms with van der Waals surface area (Å²) in [5, 5.41) is 11.8. The predicted molar refractivity (Wildman–Crippen MR) is 81.4 cm³/mol. The second-order valence-corrected chi connectivity index (χ2v) is 5.62. The molecule has 2 atom stereocenters. The Balaban J connectivity index is 1.71. The number of aryl methyl sites for hydroxylation is 1. The molecular formula is C16H22N4O. The van der Waals surface area contributed by atoms with Gasteiger partial charge in [0.1, 0.15) is 11.9 Å². The van der Waals surface area contributed by atoms with Gasteiger partial charge in [-0.1, -0.05) is 30.3 Å². The highest BCUT2D eigenvalue weighted by atomic mass is 16.5. The van der Waals surface area contributed by atoms with E-state index < -0.39 is 0 Å². The SMILES string of the molecule is CCCNC(Cc1cn(C)nn1)C1Cc2ccccc2O1. The van der Waals surface area contributed by atoms with Gasteiger partial charge in [-0.3, -0.25) is 4.68 Å². The number of ether oxygens (including phenoxy) is 1. The Morgan fingerprint density at radius 3 is 3.00 bits per heavy atom. The molecule has 2 aromatic rings. The van der Waals surface area contributed by atoms with Crippen LogP contribution in [0.3, 0.4) is 0 Å². The largest absolute Gasteiger partial charge is 0.488 e. The van der Waals surface area contributed by atoms with E-state index in [0.717, 1.165) is 37.3 Å². The summed E-state index contributed by atoms with van der Waals surface area (Å²) in [6.07, 6.45) is 5.04. The zero-order chi connectivity index (χ0) is 14.7. The van der Waals surface area contributed by atoms with E-state index >= 15 is 0 Å². The smallest absolute Gasteiger partial charge is 0.123 e. The van der Waals surface area contributed by atoms with Crippen LogP contribution in [0.25, 0.3) is 0 Å². The van der Waals surface area contributed by atoms with Gasteiger partial charge in [-0.15, -0.1) is 5.10 Å². The van der Waals surface area contributed by atoms with Gasteiger partial charge in [-0.25, -0.2) is 0 Å². The summed E-state index contributed by atoms with van der Waals surface area (Å²) in [6, 6.07) is 8.55. The summed E-state index contributed by atoms with van der Waals surface area (Å²) < 4.78 is 7.87. The molecule has 2 unspecified atom stereocenters. The maximum atomic E-state index is 6.13. The lowest BCUT2D eigenvalue weighted by molar-refractivity contribution is 0.176. The first kappa shape index (κ1) is 14.1. The van der Waals surface area contributed by atoms with Crippen LogP contribution in [0.5, 0.6) is 5.75 Å². The second-order valence-electron chi connectivity index (χ2n) is 5.62. The molecule has 1 aromatic carbocycles. The van der Waals surface area contributed by atoms with E-state index in [9.17, 15) is 0 Å². The summed E-state index contributed by atoms with van der Waals surface area (Å²) >= 11 is 0. The molecule has 2 heterocycles. The number of benzene rings is 1. The van der Waals surface area contributed by atoms with Gasteiger partial charge in [0, 0.05) is 26.1 Å². The van der Waals surface area contributed by atoms with Crippen molar-refractivity contribution in [1.29, 1.82) is 0 Å². The summed E-state index contributed by atoms with van der Waals surface area (Å²) in [4.78, 5) is 0. The van der Waals surface area contributed by atoms with Gasteiger partial charge >= 0.3 is 0 Å². The van der Waals surface area contributed by atoms with Gasteiger partial charge in [0.25, 0.3) is 0 Å². The van der Waals surface area contributed by atoms with Crippen molar-refractivity contribution in [2.75, 3.05) is 6.54 Å². The molecule has 3 rings (SSSR count). The summed E-state index contributed by atoms with van der Waals surface area (Å²) in [5.41, 5.74) is 2.30. The van der Waals surface area contributed by atoms with Gasteiger partial charge in [0.2, 0.25) is 0 Å². The molecule has 112 valence electrons. The van der Waals surface area contributed by atoms with Crippen molar-refractivity contribution >= 4 is 0 Å². The highest BCUT2D eigenvalue weighted by molar-refractivity contribution is 5.37. The minimum Gasteiger partial charge on any atom is -0.488 e. The van der Waals surface area contributed by atoms with Crippen molar-refractivity contribution in [1.82, 2.24) is 20.3 Å². The molecule has 0 amide bonds. The number of para-hydroxylation sites is 1. The zero-order valence-corrected chi connectivity index (χ0v) is 12.6. The Hall–Kier alpha value is -1.88. The quantitative estimate of drug-likeness (QED) is 0.878. The molecule has 0 saturated carbocycles. The van der Waals surface area contributed by atoms with Crippen molar-refractivity contribution in [2.45, 2.75) is 38.3 Å². The van der Waals surface area contributed by atoms with Gasteiger partial charge in [-0.05, 0) is 24.6 Å². The maximum absolute atomic E-state index is 6.13. The van der Waals surface area contributed by atoms with Crippen molar-refractivity contribution in [2.24, 2.45) is 7.05 Å². The Bertz CT molecular complexity index is 570. The molecule has 0 radical (unpaired) electrons. The van der Waals surface area contributed by atoms with Crippen LogP contribution >= 0.6 is 0 Å². The molecule has 21 heavy (non-hydrogen) atoms. The number of aromatic nitrogens is 3. The van der Waals surface area contributed by atoms with Crippen LogP contribution in [0.1, 0.15) is 24.6 Å². The average Bonchev–Trinajstić information content (AvgIpc) is 3.09. The molecule has 0 spiro atoms. The number of nitrogens with zero attached hydrogens (tertiary/aromatic N) is 3. The first-order valence-electron chi connectivity index (χ1n) is 7.59. The van der Waals surface area contributed by atoms with Crippen molar-refractivity contribution < 1.29 is 4.74 Å². The van der Waals surface area contributed by atoms with Crippen LogP contribution in [0, 0.1) is 0 Å². The lowest BCUT2D eigenvalue weighted by Crippen LogP contribution is -2.44. The van der Waals surface area contributed by atoms with Crippen LogP contribution in [0.2, 0.25) is 0 Å². The topological polar surface area (TPSA) is 52.0 Å². The number of hydrogen-bond donors (Lipinski definition) is 1. The van der Waals surface area contributed by atoms with E-state index in [1.807, 2.05) is 19.3 Å². The minimum atomic E-state index is 0.163. The van der Waals surface area contributed by atoms with E-state index in [1.165, 1.54) is 5.56 Å². The highest BCUT2D eigenvalue weighted by Gasteiger charge is 2.30. The number of nitrogens with one attached hydrogen (secondary N) is 1. The normalized spacial score (nSPS) is 18.3. The summed E-state index contributed by atoms with van der Waals surface area (Å²) in [7, 11) is 1.90. The van der Waals surface area contributed by atoms with Crippen molar-refractivity contribution in [3.63, 3.8) is 0 Å². The van der Waals surface area contributed by atoms with E-state index in [4.69, 9.17) is 4.74 Å². The predicted octanol–water partition coefficient (Wildman–Crippen LogP) is 1.73. The first-order valence-corrected chi connectivity index (χ1v) is 7.59. The third kappa shape index (κ3) is 3.24. The van der Waals surface area contributed by atoms with Crippen LogP contribution in [-0.4, -0.2) is 33.7 Å². The van der Waals surface area contributed by atoms with Crippen LogP contribution < -0.4 is 10.1 Å². The molecule has 1 aromatic heterocycles. The monoisotopic (exact) mass is 286 g/mol. The fourth-order valence-electron chi connectivity index (χ4n) is 2.81. The van der Waals surface area contributed by atoms with Gasteiger partial charge in [0.15, 0.2) is 0 Å². The first-order chi connectivity index (χ1) is 10.3. The lowest BCUT2D eigenvalue weighted by Gasteiger charge is -2.23. The fourth-order valence-corrected chi connectivity index (χ4v) is 2.81. The van der Waals surface area contributed by atoms with Crippen LogP contribution in [-0.2, 0) is 19.9 Å². The van der Waals surface area contributed by atoms with Crippen LogP contribution in [0.15, 0.2) is 30.5 Å². The third-order valence-electron chi connectivity index (χ3n) is 3.86. The number of fused-ring (bicyclic) bond motifs is 1. The molecular weight excluding hydrogens is 264 g/mol. The maximum Gasteiger partial charge on any atom is 0.123 e. The standard InChI is InChI=1S/C16H22N4O/c1-3-8-17-14(10-13-11-20(2)19-18-13)16-9-12-6-4-5-7-15(12)21-16/h4-7,11,14,16-17H,3,8-10H2,1-2H3. The van der Waals surface area contributed by atoms with Gasteiger partial charge in [-0.2, -0.15) is 0 Å². The Morgan fingerprint density at radius 1 is 1.43 bits per heavy atom. The van der Waals surface area contributed by atoms with E-state index in [0.29, 0.717) is 0 Å². The van der Waals surface area contributed by atoms with Crippen molar-refractivity contribution in [3.05, 3.63) is 41.7 Å². The molecule has 0 saturated heterocycles. The molecule has 0 fully saturated rings. The minimum absolute atomic E-state index is 0.163. The van der Waals surface area contributed by atoms with Gasteiger partial charge in [0.05, 0.1) is 11.7 Å². The molecule has 1 aliphatic rings. The Kier molecular flexibility index (Phi) is 4.20. The third-order valence-corrected chi connectivity index (χ3v) is 3.86. The Labute approximate surface area is 125 Å². The fraction of sp³-hybridized carbons (Fsp3) is 0.500. The second kappa shape index (κ2) is 6.26. The summed E-state index contributed by atoms with van der Waals surface area (Å²) in [5.74, 6) is 1.02. The summed E-state index contributed by atoms with van der Waals surface area (Å²) in [6.45, 7) is 3.16. The van der Waals surface area contributed by atoms with E-state index in [2.05, 4.69) is 40.8 Å². The lowest BCUT2D eigenvalue weighted by atomic mass is 10.0. The van der Waals surface area contributed by atoms with E-state index in [-0.39, 0.29) is 12.1 Å². The Morgan fingerprint density at radius 2 is 2.29 bits per heavy atom. The zero-order valence-electron chi connectivity index (χ0n) is 12.6.